The van der Waals surface area contributed by atoms with Crippen LogP contribution in [-0.4, -0.2) is 30.4 Å². The minimum Gasteiger partial charge on any atom is -0.363 e. The second-order valence-electron chi connectivity index (χ2n) is 5.72. The molecule has 0 saturated carbocycles. The van der Waals surface area contributed by atoms with Crippen LogP contribution in [0.2, 0.25) is 0 Å². The number of hydrogen-bond donors (Lipinski definition) is 1. The average Bonchev–Trinajstić information content (AvgIpc) is 2.73. The smallest absolute Gasteiger partial charge is 0.347 e. The minimum atomic E-state index is -0.292. The highest BCUT2D eigenvalue weighted by Crippen LogP contribution is 2.23. The molecule has 2 aromatic rings. The molecule has 4 heteroatoms. The summed E-state index contributed by atoms with van der Waals surface area (Å²) >= 11 is 0. The number of carbonyl (C=O) groups is 1. The molecular formula is C18H21N3O. The van der Waals surface area contributed by atoms with Crippen LogP contribution in [0.25, 0.3) is 10.8 Å². The number of urea groups is 1. The van der Waals surface area contributed by atoms with E-state index in [9.17, 15) is 4.79 Å². The zero-order chi connectivity index (χ0) is 15.4. The van der Waals surface area contributed by atoms with Crippen LogP contribution in [0.4, 0.5) is 10.5 Å². The van der Waals surface area contributed by atoms with Crippen molar-refractivity contribution in [2.24, 2.45) is 4.99 Å². The first-order valence-electron chi connectivity index (χ1n) is 7.81. The SMILES string of the molecule is CN1CCCCC/C1=N/C(=O)Nc1cccc2ccccc12. The first-order chi connectivity index (χ1) is 10.7. The average molecular weight is 295 g/mol. The standard InChI is InChI=1S/C18H21N3O/c1-21-13-6-2-3-12-17(21)20-18(22)19-16-11-7-9-14-8-4-5-10-15(14)16/h4-5,7-11H,2-3,6,12-13H2,1H3,(H,19,22)/b20-17-. The van der Waals surface area contributed by atoms with E-state index >= 15 is 0 Å². The Bertz CT molecular complexity index is 703. The van der Waals surface area contributed by atoms with Crippen molar-refractivity contribution < 1.29 is 4.79 Å². The van der Waals surface area contributed by atoms with Crippen molar-refractivity contribution in [2.75, 3.05) is 18.9 Å². The van der Waals surface area contributed by atoms with Crippen molar-refractivity contribution in [1.29, 1.82) is 0 Å². The number of likely N-dealkylation sites (tertiary alicyclic amines) is 1. The van der Waals surface area contributed by atoms with E-state index < -0.39 is 0 Å². The predicted molar refractivity (Wildman–Crippen MR) is 91.5 cm³/mol. The molecule has 0 aliphatic carbocycles. The van der Waals surface area contributed by atoms with Gasteiger partial charge in [-0.15, -0.1) is 0 Å². The molecule has 1 aliphatic heterocycles. The molecule has 0 aromatic heterocycles. The van der Waals surface area contributed by atoms with E-state index in [-0.39, 0.29) is 6.03 Å². The fraction of sp³-hybridized carbons (Fsp3) is 0.333. The highest BCUT2D eigenvalue weighted by Gasteiger charge is 2.13. The summed E-state index contributed by atoms with van der Waals surface area (Å²) in [5, 5.41) is 5.07. The largest absolute Gasteiger partial charge is 0.363 e. The van der Waals surface area contributed by atoms with E-state index in [1.165, 1.54) is 12.8 Å². The zero-order valence-corrected chi connectivity index (χ0v) is 12.9. The van der Waals surface area contributed by atoms with E-state index in [1.54, 1.807) is 0 Å². The third kappa shape index (κ3) is 3.27. The lowest BCUT2D eigenvalue weighted by molar-refractivity contribution is 0.259. The van der Waals surface area contributed by atoms with Gasteiger partial charge >= 0.3 is 6.03 Å². The first-order valence-corrected chi connectivity index (χ1v) is 7.81. The summed E-state index contributed by atoms with van der Waals surface area (Å²) in [5.41, 5.74) is 0.809. The Morgan fingerprint density at radius 3 is 2.82 bits per heavy atom. The summed E-state index contributed by atoms with van der Waals surface area (Å²) in [6.07, 6.45) is 4.35. The van der Waals surface area contributed by atoms with Crippen LogP contribution in [-0.2, 0) is 0 Å². The number of hydrogen-bond acceptors (Lipinski definition) is 1. The third-order valence-corrected chi connectivity index (χ3v) is 4.10. The van der Waals surface area contributed by atoms with Gasteiger partial charge in [0.2, 0.25) is 0 Å². The van der Waals surface area contributed by atoms with Crippen LogP contribution < -0.4 is 5.32 Å². The van der Waals surface area contributed by atoms with Crippen LogP contribution in [0.15, 0.2) is 47.5 Å². The second kappa shape index (κ2) is 6.60. The number of nitrogens with one attached hydrogen (secondary N) is 1. The Kier molecular flexibility index (Phi) is 4.37. The van der Waals surface area contributed by atoms with Gasteiger partial charge in [0.15, 0.2) is 0 Å². The van der Waals surface area contributed by atoms with E-state index in [0.29, 0.717) is 0 Å². The Hall–Kier alpha value is -2.36. The van der Waals surface area contributed by atoms with Gasteiger partial charge in [0.1, 0.15) is 5.84 Å². The van der Waals surface area contributed by atoms with Crippen molar-refractivity contribution in [3.05, 3.63) is 42.5 Å². The lowest BCUT2D eigenvalue weighted by Crippen LogP contribution is -2.27. The number of aliphatic imine (C=N–C) groups is 1. The molecule has 1 N–H and O–H groups in total. The molecule has 1 aliphatic rings. The molecule has 0 radical (unpaired) electrons. The highest BCUT2D eigenvalue weighted by atomic mass is 16.2. The van der Waals surface area contributed by atoms with Crippen LogP contribution in [0, 0.1) is 0 Å². The lowest BCUT2D eigenvalue weighted by atomic mass is 10.1. The topological polar surface area (TPSA) is 44.7 Å². The number of benzene rings is 2. The molecule has 0 unspecified atom stereocenters. The zero-order valence-electron chi connectivity index (χ0n) is 12.9. The molecule has 1 saturated heterocycles. The van der Waals surface area contributed by atoms with Crippen molar-refractivity contribution >= 4 is 28.3 Å². The molecule has 0 atom stereocenters. The third-order valence-electron chi connectivity index (χ3n) is 4.10. The monoisotopic (exact) mass is 295 g/mol. The highest BCUT2D eigenvalue weighted by molar-refractivity contribution is 6.05. The van der Waals surface area contributed by atoms with Crippen LogP contribution in [0.5, 0.6) is 0 Å². The maximum atomic E-state index is 12.3. The predicted octanol–water partition coefficient (Wildman–Crippen LogP) is 4.28. The summed E-state index contributed by atoms with van der Waals surface area (Å²) in [5.74, 6) is 0.884. The molecule has 3 rings (SSSR count). The van der Waals surface area contributed by atoms with Crippen LogP contribution in [0.3, 0.4) is 0 Å². The van der Waals surface area contributed by atoms with Crippen molar-refractivity contribution in [3.63, 3.8) is 0 Å². The Morgan fingerprint density at radius 2 is 1.91 bits per heavy atom. The van der Waals surface area contributed by atoms with Gasteiger partial charge in [-0.3, -0.25) is 0 Å². The summed E-state index contributed by atoms with van der Waals surface area (Å²) in [6.45, 7) is 0.973. The summed E-state index contributed by atoms with van der Waals surface area (Å²) in [4.78, 5) is 18.6. The van der Waals surface area contributed by atoms with Gasteiger partial charge in [-0.1, -0.05) is 42.8 Å². The molecular weight excluding hydrogens is 274 g/mol. The molecule has 1 fully saturated rings. The summed E-state index contributed by atoms with van der Waals surface area (Å²) in [6, 6.07) is 13.6. The molecule has 0 spiro atoms. The van der Waals surface area contributed by atoms with Crippen molar-refractivity contribution in [1.82, 2.24) is 4.90 Å². The van der Waals surface area contributed by atoms with Gasteiger partial charge in [-0.05, 0) is 24.3 Å². The summed E-state index contributed by atoms with van der Waals surface area (Å²) < 4.78 is 0. The molecule has 2 amide bonds. The van der Waals surface area contributed by atoms with Gasteiger partial charge in [0.05, 0.1) is 5.69 Å². The maximum absolute atomic E-state index is 12.3. The maximum Gasteiger partial charge on any atom is 0.347 e. The van der Waals surface area contributed by atoms with Gasteiger partial charge in [0, 0.05) is 25.4 Å². The van der Waals surface area contributed by atoms with E-state index in [0.717, 1.165) is 41.7 Å². The van der Waals surface area contributed by atoms with E-state index in [2.05, 4.69) is 15.2 Å². The van der Waals surface area contributed by atoms with Crippen LogP contribution in [0.1, 0.15) is 25.7 Å². The number of rotatable bonds is 1. The summed E-state index contributed by atoms with van der Waals surface area (Å²) in [7, 11) is 2.01. The van der Waals surface area contributed by atoms with Crippen molar-refractivity contribution in [3.8, 4) is 0 Å². The quantitative estimate of drug-likeness (QED) is 0.853. The van der Waals surface area contributed by atoms with E-state index in [1.807, 2.05) is 49.5 Å². The number of carbonyl (C=O) groups excluding carboxylic acids is 1. The minimum absolute atomic E-state index is 0.292. The fourth-order valence-electron chi connectivity index (χ4n) is 2.86. The number of anilines is 1. The Balaban J connectivity index is 1.81. The molecule has 2 aromatic carbocycles. The normalized spacial score (nSPS) is 17.5. The van der Waals surface area contributed by atoms with Crippen molar-refractivity contribution in [2.45, 2.75) is 25.7 Å². The number of amidine groups is 1. The molecule has 22 heavy (non-hydrogen) atoms. The Labute approximate surface area is 130 Å². The van der Waals surface area contributed by atoms with E-state index in [4.69, 9.17) is 0 Å². The fourth-order valence-corrected chi connectivity index (χ4v) is 2.86. The van der Waals surface area contributed by atoms with Crippen LogP contribution >= 0.6 is 0 Å². The number of nitrogens with zero attached hydrogens (tertiary/aromatic N) is 2. The van der Waals surface area contributed by atoms with Gasteiger partial charge in [0.25, 0.3) is 0 Å². The molecule has 4 nitrogen and oxygen atoms in total. The number of amides is 2. The first kappa shape index (κ1) is 14.6. The molecule has 1 heterocycles. The van der Waals surface area contributed by atoms with Gasteiger partial charge < -0.3 is 10.2 Å². The molecule has 114 valence electrons. The number of fused-ring (bicyclic) bond motifs is 1. The van der Waals surface area contributed by atoms with Gasteiger partial charge in [-0.25, -0.2) is 4.79 Å². The lowest BCUT2D eigenvalue weighted by Gasteiger charge is -2.17. The second-order valence-corrected chi connectivity index (χ2v) is 5.72. The molecule has 0 bridgehead atoms. The van der Waals surface area contributed by atoms with Gasteiger partial charge in [-0.2, -0.15) is 4.99 Å². The Morgan fingerprint density at radius 1 is 1.09 bits per heavy atom.